The molecule has 5 nitrogen and oxygen atoms in total. The molecular formula is C28H32ClF2N3O2. The number of benzene rings is 2. The van der Waals surface area contributed by atoms with Crippen molar-refractivity contribution < 1.29 is 18.3 Å². The maximum atomic E-state index is 13.7. The van der Waals surface area contributed by atoms with Gasteiger partial charge in [-0.25, -0.2) is 8.78 Å². The lowest BCUT2D eigenvalue weighted by molar-refractivity contribution is -0.0495. The highest BCUT2D eigenvalue weighted by atomic mass is 35.5. The van der Waals surface area contributed by atoms with Crippen molar-refractivity contribution in [3.05, 3.63) is 59.2 Å². The van der Waals surface area contributed by atoms with Crippen LogP contribution in [0.2, 0.25) is 5.02 Å². The molecule has 1 aromatic heterocycles. The predicted molar refractivity (Wildman–Crippen MR) is 139 cm³/mol. The largest absolute Gasteiger partial charge is 0.490 e. The number of likely N-dealkylation sites (tertiary alicyclic amines) is 2. The molecule has 0 saturated carbocycles. The quantitative estimate of drug-likeness (QED) is 0.394. The minimum atomic E-state index is -2.71. The van der Waals surface area contributed by atoms with Gasteiger partial charge in [-0.2, -0.15) is 0 Å². The lowest BCUT2D eigenvalue weighted by Crippen LogP contribution is -2.43. The van der Waals surface area contributed by atoms with Gasteiger partial charge in [0.15, 0.2) is 0 Å². The first-order chi connectivity index (χ1) is 17.2. The number of hydrogen-bond donors (Lipinski definition) is 0. The molecule has 0 bridgehead atoms. The maximum absolute atomic E-state index is 13.7. The molecule has 2 fully saturated rings. The summed E-state index contributed by atoms with van der Waals surface area (Å²) in [5.41, 5.74) is 2.02. The summed E-state index contributed by atoms with van der Waals surface area (Å²) in [6.45, 7) is 6.53. The first-order valence-corrected chi connectivity index (χ1v) is 13.1. The van der Waals surface area contributed by atoms with Crippen LogP contribution in [0.1, 0.15) is 50.0 Å². The fourth-order valence-corrected chi connectivity index (χ4v) is 5.40. The summed E-state index contributed by atoms with van der Waals surface area (Å²) in [5.74, 6) is -2.20. The Balaban J connectivity index is 1.45. The van der Waals surface area contributed by atoms with E-state index in [-0.39, 0.29) is 37.9 Å². The minimum Gasteiger partial charge on any atom is -0.490 e. The zero-order valence-electron chi connectivity index (χ0n) is 20.7. The van der Waals surface area contributed by atoms with E-state index in [0.717, 1.165) is 48.3 Å². The summed E-state index contributed by atoms with van der Waals surface area (Å²) >= 11 is 6.27. The van der Waals surface area contributed by atoms with Gasteiger partial charge in [0.2, 0.25) is 0 Å². The van der Waals surface area contributed by atoms with Crippen molar-refractivity contribution in [2.24, 2.45) is 0 Å². The third-order valence-corrected chi connectivity index (χ3v) is 7.59. The van der Waals surface area contributed by atoms with Crippen LogP contribution in [0.15, 0.2) is 48.5 Å². The number of hydrogen-bond acceptors (Lipinski definition) is 3. The van der Waals surface area contributed by atoms with Crippen molar-refractivity contribution in [3.63, 3.8) is 0 Å². The van der Waals surface area contributed by atoms with E-state index in [0.29, 0.717) is 16.8 Å². The Morgan fingerprint density at radius 3 is 2.42 bits per heavy atom. The summed E-state index contributed by atoms with van der Waals surface area (Å²) in [6, 6.07) is 15.5. The number of aromatic nitrogens is 1. The van der Waals surface area contributed by atoms with E-state index in [1.807, 2.05) is 41.0 Å². The van der Waals surface area contributed by atoms with Crippen molar-refractivity contribution in [1.29, 1.82) is 0 Å². The summed E-state index contributed by atoms with van der Waals surface area (Å²) in [4.78, 5) is 17.5. The van der Waals surface area contributed by atoms with Gasteiger partial charge in [0.1, 0.15) is 17.5 Å². The fourth-order valence-electron chi connectivity index (χ4n) is 5.22. The molecule has 0 spiro atoms. The lowest BCUT2D eigenvalue weighted by atomic mass is 10.1. The third-order valence-electron chi connectivity index (χ3n) is 7.35. The molecule has 3 aromatic rings. The molecule has 5 rings (SSSR count). The van der Waals surface area contributed by atoms with Gasteiger partial charge in [-0.15, -0.1) is 0 Å². The molecule has 8 heteroatoms. The molecule has 2 aromatic carbocycles. The van der Waals surface area contributed by atoms with Crippen molar-refractivity contribution >= 4 is 28.4 Å². The van der Waals surface area contributed by atoms with Crippen molar-refractivity contribution in [1.82, 2.24) is 14.4 Å². The highest BCUT2D eigenvalue weighted by molar-refractivity contribution is 6.30. The van der Waals surface area contributed by atoms with Crippen LogP contribution in [-0.2, 0) is 0 Å². The first kappa shape index (κ1) is 25.0. The molecule has 36 heavy (non-hydrogen) atoms. The number of ether oxygens (including phenoxy) is 1. The second-order valence-corrected chi connectivity index (χ2v) is 10.6. The van der Waals surface area contributed by atoms with E-state index in [1.54, 1.807) is 12.1 Å². The lowest BCUT2D eigenvalue weighted by Gasteiger charge is -2.34. The van der Waals surface area contributed by atoms with Gasteiger partial charge in [0, 0.05) is 61.2 Å². The van der Waals surface area contributed by atoms with Gasteiger partial charge >= 0.3 is 0 Å². The predicted octanol–water partition coefficient (Wildman–Crippen LogP) is 6.41. The Labute approximate surface area is 215 Å². The number of carbonyl (C=O) groups is 1. The number of fused-ring (bicyclic) bond motifs is 1. The zero-order chi connectivity index (χ0) is 25.4. The Kier molecular flexibility index (Phi) is 6.97. The SMILES string of the molecule is CC(C)N1CCC(Oc2ccc3c(c2)cc(C(=O)N2CCC(F)(F)CC2)n3-c2cccc(Cl)c2)CC1. The number of carbonyl (C=O) groups excluding carboxylic acids is 1. The average molecular weight is 516 g/mol. The van der Waals surface area contributed by atoms with Crippen LogP contribution in [0.3, 0.4) is 0 Å². The standard InChI is InChI=1S/C28H32ClF2N3O2/c1-19(2)32-12-8-23(9-13-32)36-24-6-7-25-20(16-24)17-26(34(25)22-5-3-4-21(29)18-22)27(35)33-14-10-28(30,31)11-15-33/h3-7,16-19,23H,8-15H2,1-2H3. The van der Waals surface area contributed by atoms with E-state index in [2.05, 4.69) is 18.7 Å². The van der Waals surface area contributed by atoms with Crippen LogP contribution in [0.5, 0.6) is 5.75 Å². The van der Waals surface area contributed by atoms with Crippen LogP contribution in [0.25, 0.3) is 16.6 Å². The van der Waals surface area contributed by atoms with E-state index in [9.17, 15) is 13.6 Å². The maximum Gasteiger partial charge on any atom is 0.270 e. The van der Waals surface area contributed by atoms with Crippen molar-refractivity contribution in [3.8, 4) is 11.4 Å². The number of nitrogens with zero attached hydrogens (tertiary/aromatic N) is 3. The molecular weight excluding hydrogens is 484 g/mol. The van der Waals surface area contributed by atoms with Gasteiger partial charge in [-0.1, -0.05) is 17.7 Å². The van der Waals surface area contributed by atoms with Crippen LogP contribution in [-0.4, -0.2) is 64.5 Å². The van der Waals surface area contributed by atoms with E-state index < -0.39 is 5.92 Å². The van der Waals surface area contributed by atoms with E-state index >= 15 is 0 Å². The van der Waals surface area contributed by atoms with Crippen molar-refractivity contribution in [2.45, 2.75) is 57.6 Å². The van der Waals surface area contributed by atoms with Crippen LogP contribution >= 0.6 is 11.6 Å². The zero-order valence-corrected chi connectivity index (χ0v) is 21.5. The number of alkyl halides is 2. The Bertz CT molecular complexity index is 1240. The monoisotopic (exact) mass is 515 g/mol. The molecule has 0 radical (unpaired) electrons. The molecule has 2 saturated heterocycles. The molecule has 2 aliphatic heterocycles. The molecule has 0 atom stereocenters. The van der Waals surface area contributed by atoms with Gasteiger partial charge in [0.25, 0.3) is 11.8 Å². The van der Waals surface area contributed by atoms with Crippen molar-refractivity contribution in [2.75, 3.05) is 26.2 Å². The first-order valence-electron chi connectivity index (χ1n) is 12.7. The number of amides is 1. The molecule has 1 amide bonds. The summed E-state index contributed by atoms with van der Waals surface area (Å²) in [5, 5.41) is 1.41. The van der Waals surface area contributed by atoms with Gasteiger partial charge in [-0.05, 0) is 69.2 Å². The average Bonchev–Trinajstić information content (AvgIpc) is 3.23. The fraction of sp³-hybridized carbons (Fsp3) is 0.464. The van der Waals surface area contributed by atoms with Gasteiger partial charge < -0.3 is 19.1 Å². The van der Waals surface area contributed by atoms with E-state index in [1.165, 1.54) is 4.90 Å². The number of piperidine rings is 2. The highest BCUT2D eigenvalue weighted by Crippen LogP contribution is 2.33. The van der Waals surface area contributed by atoms with Crippen LogP contribution in [0, 0.1) is 0 Å². The minimum absolute atomic E-state index is 0.0341. The summed E-state index contributed by atoms with van der Waals surface area (Å²) in [7, 11) is 0. The summed E-state index contributed by atoms with van der Waals surface area (Å²) < 4.78 is 35.6. The molecule has 3 heterocycles. The Morgan fingerprint density at radius 2 is 1.75 bits per heavy atom. The molecule has 0 N–H and O–H groups in total. The van der Waals surface area contributed by atoms with E-state index in [4.69, 9.17) is 16.3 Å². The highest BCUT2D eigenvalue weighted by Gasteiger charge is 2.36. The second kappa shape index (κ2) is 10.0. The third kappa shape index (κ3) is 5.23. The number of rotatable bonds is 5. The second-order valence-electron chi connectivity index (χ2n) is 10.2. The van der Waals surface area contributed by atoms with Crippen LogP contribution < -0.4 is 4.74 Å². The van der Waals surface area contributed by atoms with Gasteiger partial charge in [0.05, 0.1) is 5.52 Å². The van der Waals surface area contributed by atoms with Crippen LogP contribution in [0.4, 0.5) is 8.78 Å². The topological polar surface area (TPSA) is 37.7 Å². The Morgan fingerprint density at radius 1 is 1.03 bits per heavy atom. The molecule has 2 aliphatic rings. The van der Waals surface area contributed by atoms with Gasteiger partial charge in [-0.3, -0.25) is 4.79 Å². The smallest absolute Gasteiger partial charge is 0.270 e. The summed E-state index contributed by atoms with van der Waals surface area (Å²) in [6.07, 6.45) is 1.48. The number of halogens is 3. The molecule has 192 valence electrons. The Hall–Kier alpha value is -2.64. The normalized spacial score (nSPS) is 19.2. The molecule has 0 aliphatic carbocycles. The molecule has 0 unspecified atom stereocenters.